The summed E-state index contributed by atoms with van der Waals surface area (Å²) in [7, 11) is -3.72. The van der Waals surface area contributed by atoms with Crippen LogP contribution in [0.15, 0.2) is 52.9 Å². The van der Waals surface area contributed by atoms with Crippen molar-refractivity contribution in [1.82, 2.24) is 10.2 Å². The zero-order valence-electron chi connectivity index (χ0n) is 16.3. The van der Waals surface area contributed by atoms with E-state index in [1.54, 1.807) is 25.1 Å². The van der Waals surface area contributed by atoms with Crippen LogP contribution in [0.4, 0.5) is 9.52 Å². The fourth-order valence-electron chi connectivity index (χ4n) is 2.63. The summed E-state index contributed by atoms with van der Waals surface area (Å²) in [6, 6.07) is 12.9. The van der Waals surface area contributed by atoms with Crippen molar-refractivity contribution < 1.29 is 22.3 Å². The molecule has 0 unspecified atom stereocenters. The number of halogens is 1. The van der Waals surface area contributed by atoms with Crippen molar-refractivity contribution in [2.75, 3.05) is 5.32 Å². The number of amides is 1. The zero-order valence-corrected chi connectivity index (χ0v) is 18.0. The van der Waals surface area contributed by atoms with Gasteiger partial charge in [-0.15, -0.1) is 10.2 Å². The first-order valence-electron chi connectivity index (χ1n) is 9.13. The van der Waals surface area contributed by atoms with Gasteiger partial charge < -0.3 is 4.74 Å². The normalized spacial score (nSPS) is 12.4. The lowest BCUT2D eigenvalue weighted by Crippen LogP contribution is -2.32. The van der Waals surface area contributed by atoms with Crippen LogP contribution in [0.25, 0.3) is 0 Å². The largest absolute Gasteiger partial charge is 0.478 e. The van der Waals surface area contributed by atoms with E-state index in [9.17, 15) is 17.6 Å². The molecule has 0 aliphatic carbocycles. The quantitative estimate of drug-likeness (QED) is 0.526. The minimum atomic E-state index is -3.72. The third-order valence-corrected chi connectivity index (χ3v) is 7.23. The minimum absolute atomic E-state index is 0.0268. The molecule has 0 spiro atoms. The number of carbonyl (C=O) groups excluding carboxylic acids is 1. The van der Waals surface area contributed by atoms with E-state index in [4.69, 9.17) is 4.74 Å². The number of nitrogens with one attached hydrogen (secondary N) is 1. The van der Waals surface area contributed by atoms with Crippen molar-refractivity contribution >= 4 is 32.2 Å². The van der Waals surface area contributed by atoms with Gasteiger partial charge in [0.25, 0.3) is 5.91 Å². The summed E-state index contributed by atoms with van der Waals surface area (Å²) in [6.45, 7) is 3.54. The fraction of sp³-hybridized carbons (Fsp3) is 0.250. The Kier molecular flexibility index (Phi) is 6.78. The smallest absolute Gasteiger partial charge is 0.267 e. The highest BCUT2D eigenvalue weighted by Crippen LogP contribution is 2.25. The number of nitrogens with zero attached hydrogens (tertiary/aromatic N) is 2. The molecule has 158 valence electrons. The first kappa shape index (κ1) is 21.8. The van der Waals surface area contributed by atoms with Crippen molar-refractivity contribution in [2.24, 2.45) is 0 Å². The molecule has 0 aliphatic rings. The van der Waals surface area contributed by atoms with Gasteiger partial charge in [-0.3, -0.25) is 10.1 Å². The molecule has 3 rings (SSSR count). The molecule has 1 aromatic heterocycles. The van der Waals surface area contributed by atoms with E-state index in [2.05, 4.69) is 15.5 Å². The summed E-state index contributed by atoms with van der Waals surface area (Å²) < 4.78 is 44.3. The first-order valence-corrected chi connectivity index (χ1v) is 11.6. The van der Waals surface area contributed by atoms with Crippen LogP contribution in [-0.4, -0.2) is 30.6 Å². The van der Waals surface area contributed by atoms with Gasteiger partial charge in [-0.2, -0.15) is 0 Å². The van der Waals surface area contributed by atoms with Crippen LogP contribution in [0.2, 0.25) is 0 Å². The summed E-state index contributed by atoms with van der Waals surface area (Å²) >= 11 is 0.759. The Morgan fingerprint density at radius 2 is 1.87 bits per heavy atom. The van der Waals surface area contributed by atoms with Gasteiger partial charge in [-0.05, 0) is 36.6 Å². The van der Waals surface area contributed by atoms with Crippen molar-refractivity contribution in [3.05, 3.63) is 65.5 Å². The zero-order chi connectivity index (χ0) is 21.7. The van der Waals surface area contributed by atoms with E-state index < -0.39 is 27.7 Å². The highest BCUT2D eigenvalue weighted by Gasteiger charge is 2.25. The van der Waals surface area contributed by atoms with Gasteiger partial charge in [0.05, 0.1) is 5.75 Å². The van der Waals surface area contributed by atoms with Crippen molar-refractivity contribution in [3.63, 3.8) is 0 Å². The van der Waals surface area contributed by atoms with Gasteiger partial charge in [0.2, 0.25) is 19.3 Å². The lowest BCUT2D eigenvalue weighted by molar-refractivity contribution is -0.122. The summed E-state index contributed by atoms with van der Waals surface area (Å²) in [5, 5.41) is 9.99. The summed E-state index contributed by atoms with van der Waals surface area (Å²) in [6.07, 6.45) is -0.699. The van der Waals surface area contributed by atoms with Crippen LogP contribution in [0.3, 0.4) is 0 Å². The molecule has 0 fully saturated rings. The molecule has 10 heteroatoms. The molecule has 0 aliphatic heterocycles. The Morgan fingerprint density at radius 3 is 2.57 bits per heavy atom. The number of sulfone groups is 1. The second-order valence-corrected chi connectivity index (χ2v) is 9.63. The Morgan fingerprint density at radius 1 is 1.17 bits per heavy atom. The standard InChI is InChI=1S/C20H20FN3O4S2/c1-3-16(28-17-11-7-6-10-15(17)21)18(25)22-19-23-24-20(29-19)30(26,27)12-14-9-5-4-8-13(14)2/h4-11,16H,3,12H2,1-2H3,(H,22,23,25)/t16-/m1/s1. The van der Waals surface area contributed by atoms with Gasteiger partial charge in [-0.25, -0.2) is 12.8 Å². The topological polar surface area (TPSA) is 98.2 Å². The highest BCUT2D eigenvalue weighted by atomic mass is 32.2. The van der Waals surface area contributed by atoms with E-state index in [0.29, 0.717) is 5.56 Å². The third-order valence-electron chi connectivity index (χ3n) is 4.28. The number of aryl methyl sites for hydroxylation is 1. The number of benzene rings is 2. The first-order chi connectivity index (χ1) is 14.3. The van der Waals surface area contributed by atoms with E-state index in [1.165, 1.54) is 18.2 Å². The van der Waals surface area contributed by atoms with Gasteiger partial charge in [0.15, 0.2) is 17.7 Å². The SMILES string of the molecule is CC[C@@H](Oc1ccccc1F)C(=O)Nc1nnc(S(=O)(=O)Cc2ccccc2C)s1. The van der Waals surface area contributed by atoms with Crippen LogP contribution in [0, 0.1) is 12.7 Å². The second-order valence-electron chi connectivity index (χ2n) is 6.49. The maximum Gasteiger partial charge on any atom is 0.267 e. The Bertz CT molecular complexity index is 1150. The Balaban J connectivity index is 1.70. The van der Waals surface area contributed by atoms with Crippen molar-refractivity contribution in [1.29, 1.82) is 0 Å². The van der Waals surface area contributed by atoms with Crippen molar-refractivity contribution in [3.8, 4) is 5.75 Å². The van der Waals surface area contributed by atoms with Crippen LogP contribution in [-0.2, 0) is 20.4 Å². The average molecular weight is 450 g/mol. The predicted molar refractivity (Wildman–Crippen MR) is 112 cm³/mol. The number of anilines is 1. The van der Waals surface area contributed by atoms with E-state index in [-0.39, 0.29) is 27.4 Å². The molecule has 1 N–H and O–H groups in total. The molecule has 30 heavy (non-hydrogen) atoms. The lowest BCUT2D eigenvalue weighted by atomic mass is 10.1. The van der Waals surface area contributed by atoms with Crippen LogP contribution in [0.5, 0.6) is 5.75 Å². The second kappa shape index (κ2) is 9.31. The van der Waals surface area contributed by atoms with E-state index in [1.807, 2.05) is 19.1 Å². The maximum atomic E-state index is 13.8. The number of aromatic nitrogens is 2. The molecule has 0 radical (unpaired) electrons. The Labute approximate surface area is 177 Å². The number of hydrogen-bond donors (Lipinski definition) is 1. The molecule has 0 saturated carbocycles. The number of carbonyl (C=O) groups is 1. The highest BCUT2D eigenvalue weighted by molar-refractivity contribution is 7.92. The molecule has 3 aromatic rings. The molecule has 7 nitrogen and oxygen atoms in total. The molecule has 0 saturated heterocycles. The molecule has 2 aromatic carbocycles. The van der Waals surface area contributed by atoms with Gasteiger partial charge in [0, 0.05) is 0 Å². The molecule has 1 amide bonds. The van der Waals surface area contributed by atoms with Gasteiger partial charge in [-0.1, -0.05) is 54.7 Å². The molecule has 1 heterocycles. The van der Waals surface area contributed by atoms with E-state index in [0.717, 1.165) is 16.9 Å². The Hall–Kier alpha value is -2.85. The van der Waals surface area contributed by atoms with Crippen molar-refractivity contribution in [2.45, 2.75) is 36.5 Å². The van der Waals surface area contributed by atoms with Crippen LogP contribution >= 0.6 is 11.3 Å². The molecule has 1 atom stereocenters. The fourth-order valence-corrected chi connectivity index (χ4v) is 5.05. The van der Waals surface area contributed by atoms with Gasteiger partial charge >= 0.3 is 0 Å². The molecular weight excluding hydrogens is 429 g/mol. The summed E-state index contributed by atoms with van der Waals surface area (Å²) in [4.78, 5) is 12.5. The molecular formula is C20H20FN3O4S2. The number of para-hydroxylation sites is 1. The van der Waals surface area contributed by atoms with Crippen LogP contribution < -0.4 is 10.1 Å². The number of rotatable bonds is 8. The summed E-state index contributed by atoms with van der Waals surface area (Å²) in [5.41, 5.74) is 1.53. The van der Waals surface area contributed by atoms with Crippen LogP contribution in [0.1, 0.15) is 24.5 Å². The number of hydrogen-bond acceptors (Lipinski definition) is 7. The van der Waals surface area contributed by atoms with Gasteiger partial charge in [0.1, 0.15) is 0 Å². The monoisotopic (exact) mass is 449 g/mol. The number of ether oxygens (including phenoxy) is 1. The maximum absolute atomic E-state index is 13.8. The minimum Gasteiger partial charge on any atom is -0.478 e. The predicted octanol–water partition coefficient (Wildman–Crippen LogP) is 3.76. The van der Waals surface area contributed by atoms with E-state index >= 15 is 0 Å². The third kappa shape index (κ3) is 5.19. The molecule has 0 bridgehead atoms. The summed E-state index contributed by atoms with van der Waals surface area (Å²) in [5.74, 6) is -1.40. The lowest BCUT2D eigenvalue weighted by Gasteiger charge is -2.16. The average Bonchev–Trinajstić information content (AvgIpc) is 3.18.